The molecule has 20 atom stereocenters. The number of hydrogen-bond donors (Lipinski definition) is 4. The molecule has 4 aliphatic heterocycles. The van der Waals surface area contributed by atoms with Crippen molar-refractivity contribution in [2.45, 2.75) is 233 Å². The van der Waals surface area contributed by atoms with Crippen LogP contribution in [0.2, 0.25) is 0 Å². The maximum atomic E-state index is 12.8. The zero-order valence-electron chi connectivity index (χ0n) is 70.3. The van der Waals surface area contributed by atoms with Crippen molar-refractivity contribution in [1.29, 1.82) is 0 Å². The fraction of sp³-hybridized carbons (Fsp3) is 0.641. The highest BCUT2D eigenvalue weighted by Crippen LogP contribution is 2.39. The molecule has 124 heavy (non-hydrogen) atoms. The standard InChI is InChI=1S/C78H102N4O42/c1-39(83)105-31-55-63(109-43(5)87)67(111-45(7)89)73(117-51(13)95)77(121-55)123-65-57(33-107-41(3)85)119-75(71(115-49(11)93)69(65)113-47(9)91)103-28-18-26-81-61(99)37-101-35-59(97)79-24-16-22-53-20-15-21-54(30-53)23-17-25-80-60(98)36-102-38-62(100)82-27-19-29-104-76-72(116-50(12)94)70(114-48(10)92)66(58(120-76)34-108-42(4)86)124-78-74(118-52(14)96)68(112-46(8)90)64(110-44(6)88)56(122-78)32-106-40(2)84/h15,20-21,30,55-58,63-78H,18-19,24-29,31-38H2,1-14H3,(H,79,97)(H,80,98)(H,81,99)(H,82,100)/t55-,56-,57-,58-,63+,64+,65+,66+,67+,68+,69+,70+,71-,72-,73-,74-,75-,76-,77-,78-/m1/s1. The van der Waals surface area contributed by atoms with Crippen LogP contribution >= 0.6 is 0 Å². The molecule has 46 heteroatoms. The largest absolute Gasteiger partial charge is 0.463 e. The summed E-state index contributed by atoms with van der Waals surface area (Å²) in [6.07, 6.45) is -33.5. The van der Waals surface area contributed by atoms with Gasteiger partial charge < -0.3 is 135 Å². The summed E-state index contributed by atoms with van der Waals surface area (Å²) in [4.78, 5) is 225. The Bertz CT molecular complexity index is 3790. The Morgan fingerprint density at radius 1 is 0.298 bits per heavy atom. The minimum absolute atomic E-state index is 0.0513. The van der Waals surface area contributed by atoms with E-state index in [4.69, 9.17) is 114 Å². The van der Waals surface area contributed by atoms with Gasteiger partial charge in [-0.2, -0.15) is 0 Å². The SMILES string of the molecule is CC(=O)OC[C@H]1O[C@H](O[C@@H]2[C@H](OC(C)=O)[C@@H](OC(C)=O)[C@H](OCCCNC(=O)COCC(=O)NCC#Cc3cccc(C#CCNC(=O)COCC(=O)NCCCO[C@@H]4O[C@H](COC(C)=O)[C@H](O[C@H]5O[C@H](COC(C)=O)[C@H](OC(C)=O)[C@H](OC(C)=O)[C@H]5OC(C)=O)[C@H](OC(C)=O)[C@H]4OC(C)=O)c3)O[C@@H]2COC(C)=O)[C@H](OC(C)=O)[C@@H](OC(C)=O)[C@H]1OC(C)=O. The first-order valence-corrected chi connectivity index (χ1v) is 38.4. The number of ether oxygens (including phenoxy) is 24. The second kappa shape index (κ2) is 52.8. The van der Waals surface area contributed by atoms with Gasteiger partial charge in [-0.3, -0.25) is 86.3 Å². The molecule has 686 valence electrons. The predicted octanol–water partition coefficient (Wildman–Crippen LogP) is -3.06. The molecule has 0 radical (unpaired) electrons. The molecule has 4 aliphatic rings. The van der Waals surface area contributed by atoms with Crippen LogP contribution in [0.25, 0.3) is 0 Å². The van der Waals surface area contributed by atoms with Crippen LogP contribution in [0.5, 0.6) is 0 Å². The lowest BCUT2D eigenvalue weighted by Gasteiger charge is -2.48. The zero-order valence-corrected chi connectivity index (χ0v) is 70.3. The molecule has 1 aromatic rings. The van der Waals surface area contributed by atoms with Gasteiger partial charge >= 0.3 is 83.6 Å². The molecule has 4 saturated heterocycles. The lowest BCUT2D eigenvalue weighted by Crippen LogP contribution is -2.67. The Morgan fingerprint density at radius 2 is 0.540 bits per heavy atom. The highest BCUT2D eigenvalue weighted by Gasteiger charge is 2.60. The highest BCUT2D eigenvalue weighted by molar-refractivity contribution is 5.81. The maximum Gasteiger partial charge on any atom is 0.303 e. The summed E-state index contributed by atoms with van der Waals surface area (Å²) in [5.41, 5.74) is 1.04. The highest BCUT2D eigenvalue weighted by atomic mass is 16.8. The Balaban J connectivity index is 1.06. The number of nitrogens with one attached hydrogen (secondary N) is 4. The van der Waals surface area contributed by atoms with Crippen LogP contribution < -0.4 is 21.3 Å². The quantitative estimate of drug-likeness (QED) is 0.0218. The number of rotatable bonds is 42. The van der Waals surface area contributed by atoms with Gasteiger partial charge in [0, 0.05) is 121 Å². The van der Waals surface area contributed by atoms with Crippen LogP contribution in [0.15, 0.2) is 24.3 Å². The van der Waals surface area contributed by atoms with Crippen LogP contribution in [-0.4, -0.2) is 322 Å². The van der Waals surface area contributed by atoms with E-state index in [2.05, 4.69) is 44.9 Å². The normalized spacial score (nSPS) is 25.4. The molecule has 0 saturated carbocycles. The van der Waals surface area contributed by atoms with Crippen molar-refractivity contribution >= 4 is 107 Å². The summed E-state index contributed by atoms with van der Waals surface area (Å²) in [5.74, 6) is -4.00. The molecule has 0 spiro atoms. The molecule has 0 unspecified atom stereocenters. The fourth-order valence-corrected chi connectivity index (χ4v) is 12.1. The minimum Gasteiger partial charge on any atom is -0.463 e. The fourth-order valence-electron chi connectivity index (χ4n) is 12.1. The van der Waals surface area contributed by atoms with Crippen molar-refractivity contribution < 1.29 is 200 Å². The summed E-state index contributed by atoms with van der Waals surface area (Å²) in [7, 11) is 0. The van der Waals surface area contributed by atoms with Gasteiger partial charge in [-0.15, -0.1) is 0 Å². The third-order valence-electron chi connectivity index (χ3n) is 16.6. The minimum atomic E-state index is -1.91. The van der Waals surface area contributed by atoms with Gasteiger partial charge in [0.15, 0.2) is 86.2 Å². The monoisotopic (exact) mass is 1770 g/mol. The van der Waals surface area contributed by atoms with Crippen molar-refractivity contribution in [3.05, 3.63) is 35.4 Å². The van der Waals surface area contributed by atoms with E-state index in [-0.39, 0.29) is 52.2 Å². The predicted molar refractivity (Wildman–Crippen MR) is 401 cm³/mol. The Kier molecular flexibility index (Phi) is 43.8. The summed E-state index contributed by atoms with van der Waals surface area (Å²) >= 11 is 0. The molecule has 0 aliphatic carbocycles. The van der Waals surface area contributed by atoms with Crippen molar-refractivity contribution in [1.82, 2.24) is 21.3 Å². The number of benzene rings is 1. The molecule has 0 bridgehead atoms. The summed E-state index contributed by atoms with van der Waals surface area (Å²) in [6.45, 7) is 8.60. The molecule has 4 N–H and O–H groups in total. The number of esters is 14. The molecule has 5 rings (SSSR count). The van der Waals surface area contributed by atoms with E-state index in [0.717, 1.165) is 96.9 Å². The van der Waals surface area contributed by atoms with Crippen LogP contribution in [-0.2, 0) is 200 Å². The average molecular weight is 1770 g/mol. The van der Waals surface area contributed by atoms with Crippen molar-refractivity contribution in [3.8, 4) is 23.7 Å². The van der Waals surface area contributed by atoms with Crippen molar-refractivity contribution in [2.24, 2.45) is 0 Å². The van der Waals surface area contributed by atoms with Crippen LogP contribution in [0.1, 0.15) is 121 Å². The van der Waals surface area contributed by atoms with Gasteiger partial charge in [0.2, 0.25) is 23.6 Å². The summed E-state index contributed by atoms with van der Waals surface area (Å²) in [6, 6.07) is 6.69. The molecular formula is C78H102N4O42. The third kappa shape index (κ3) is 37.2. The van der Waals surface area contributed by atoms with E-state index in [0.29, 0.717) is 11.1 Å². The van der Waals surface area contributed by atoms with Gasteiger partial charge in [0.25, 0.3) is 0 Å². The van der Waals surface area contributed by atoms with E-state index in [9.17, 15) is 86.3 Å². The first kappa shape index (κ1) is 103. The Labute approximate surface area is 710 Å². The van der Waals surface area contributed by atoms with Crippen LogP contribution in [0, 0.1) is 23.7 Å². The number of hydrogen-bond acceptors (Lipinski definition) is 42. The number of carbonyl (C=O) groups is 18. The van der Waals surface area contributed by atoms with Crippen LogP contribution in [0.3, 0.4) is 0 Å². The average Bonchev–Trinajstić information content (AvgIpc) is 0.768. The van der Waals surface area contributed by atoms with E-state index >= 15 is 0 Å². The Morgan fingerprint density at radius 3 is 0.823 bits per heavy atom. The smallest absolute Gasteiger partial charge is 0.303 e. The molecule has 46 nitrogen and oxygen atoms in total. The number of amides is 4. The second-order valence-electron chi connectivity index (χ2n) is 27.2. The van der Waals surface area contributed by atoms with Crippen molar-refractivity contribution in [2.75, 3.05) is 92.2 Å². The second-order valence-corrected chi connectivity index (χ2v) is 27.2. The van der Waals surface area contributed by atoms with Gasteiger partial charge in [-0.1, -0.05) is 29.7 Å². The van der Waals surface area contributed by atoms with E-state index in [1.165, 1.54) is 0 Å². The van der Waals surface area contributed by atoms with Gasteiger partial charge in [0.05, 0.1) is 26.3 Å². The summed E-state index contributed by atoms with van der Waals surface area (Å²) < 4.78 is 136. The first-order chi connectivity index (χ1) is 58.7. The molecule has 0 aromatic heterocycles. The molecule has 1 aromatic carbocycles. The van der Waals surface area contributed by atoms with Crippen molar-refractivity contribution in [3.63, 3.8) is 0 Å². The van der Waals surface area contributed by atoms with E-state index < -0.39 is 283 Å². The Hall–Kier alpha value is -11.6. The molecular weight excluding hydrogens is 1660 g/mol. The van der Waals surface area contributed by atoms with Crippen LogP contribution in [0.4, 0.5) is 0 Å². The first-order valence-electron chi connectivity index (χ1n) is 38.4. The molecule has 4 heterocycles. The lowest BCUT2D eigenvalue weighted by atomic mass is 9.96. The topological polar surface area (TPSA) is 577 Å². The zero-order chi connectivity index (χ0) is 91.9. The third-order valence-corrected chi connectivity index (χ3v) is 16.6. The van der Waals surface area contributed by atoms with Gasteiger partial charge in [-0.05, 0) is 31.0 Å². The number of carbonyl (C=O) groups excluding carboxylic acids is 18. The molecule has 4 fully saturated rings. The summed E-state index contributed by atoms with van der Waals surface area (Å²) in [5, 5.41) is 10.2. The lowest BCUT2D eigenvalue weighted by molar-refractivity contribution is -0.361. The maximum absolute atomic E-state index is 12.8. The van der Waals surface area contributed by atoms with E-state index in [1.807, 2.05) is 0 Å². The van der Waals surface area contributed by atoms with Gasteiger partial charge in [-0.25, -0.2) is 0 Å². The molecule has 4 amide bonds. The van der Waals surface area contributed by atoms with Gasteiger partial charge in [0.1, 0.15) is 89.5 Å². The van der Waals surface area contributed by atoms with E-state index in [1.54, 1.807) is 24.3 Å².